The van der Waals surface area contributed by atoms with Gasteiger partial charge in [0.15, 0.2) is 5.65 Å². The van der Waals surface area contributed by atoms with Crippen molar-refractivity contribution in [2.24, 2.45) is 0 Å². The number of thiophene rings is 1. The van der Waals surface area contributed by atoms with E-state index in [1.165, 1.54) is 15.6 Å². The van der Waals surface area contributed by atoms with E-state index in [1.54, 1.807) is 11.3 Å². The first kappa shape index (κ1) is 18.5. The third-order valence-electron chi connectivity index (χ3n) is 6.09. The van der Waals surface area contributed by atoms with Gasteiger partial charge in [0, 0.05) is 42.7 Å². The van der Waals surface area contributed by atoms with Crippen LogP contribution in [0, 0.1) is 6.92 Å². The molecule has 7 heteroatoms. The fraction of sp³-hybridized carbons (Fsp3) is 0.409. The van der Waals surface area contributed by atoms with Crippen molar-refractivity contribution in [2.45, 2.75) is 44.8 Å². The Kier molecular flexibility index (Phi) is 4.72. The van der Waals surface area contributed by atoms with Crippen molar-refractivity contribution in [3.8, 4) is 10.6 Å². The van der Waals surface area contributed by atoms with Gasteiger partial charge in [0.2, 0.25) is 0 Å². The normalized spacial score (nSPS) is 19.8. The van der Waals surface area contributed by atoms with Crippen molar-refractivity contribution in [3.63, 3.8) is 0 Å². The number of hydrogen-bond acceptors (Lipinski definition) is 6. The Balaban J connectivity index is 1.49. The highest BCUT2D eigenvalue weighted by Crippen LogP contribution is 2.35. The Bertz CT molecular complexity index is 1160. The molecule has 0 bridgehead atoms. The molecule has 0 saturated heterocycles. The first-order valence-corrected chi connectivity index (χ1v) is 10.9. The second kappa shape index (κ2) is 7.39. The summed E-state index contributed by atoms with van der Waals surface area (Å²) in [4.78, 5) is 12.4. The van der Waals surface area contributed by atoms with Crippen molar-refractivity contribution in [1.82, 2.24) is 19.6 Å². The SMILES string of the molecule is CO[C@H]1CC[C@H](N(C)c2ccc3ncc(-c4cc5cncc(C)c5s4)n3n2)CC1. The number of aryl methyl sites for hydroxylation is 1. The Morgan fingerprint density at radius 1 is 1.14 bits per heavy atom. The van der Waals surface area contributed by atoms with Gasteiger partial charge in [0.25, 0.3) is 0 Å². The molecule has 0 radical (unpaired) electrons. The molecule has 0 N–H and O–H groups in total. The predicted molar refractivity (Wildman–Crippen MR) is 118 cm³/mol. The van der Waals surface area contributed by atoms with Gasteiger partial charge in [0.05, 0.1) is 17.2 Å². The van der Waals surface area contributed by atoms with E-state index in [2.05, 4.69) is 47.0 Å². The summed E-state index contributed by atoms with van der Waals surface area (Å²) < 4.78 is 8.76. The minimum atomic E-state index is 0.404. The molecule has 5 rings (SSSR count). The number of rotatable bonds is 4. The van der Waals surface area contributed by atoms with Crippen LogP contribution in [0.25, 0.3) is 26.3 Å². The number of imidazole rings is 1. The summed E-state index contributed by atoms with van der Waals surface area (Å²) in [6, 6.07) is 6.82. The zero-order valence-electron chi connectivity index (χ0n) is 17.0. The highest BCUT2D eigenvalue weighted by Gasteiger charge is 2.25. The lowest BCUT2D eigenvalue weighted by atomic mass is 9.92. The molecule has 4 aromatic rings. The molecule has 0 amide bonds. The van der Waals surface area contributed by atoms with Gasteiger partial charge < -0.3 is 9.64 Å². The van der Waals surface area contributed by atoms with Crippen LogP contribution in [-0.2, 0) is 4.74 Å². The van der Waals surface area contributed by atoms with E-state index in [0.29, 0.717) is 12.1 Å². The van der Waals surface area contributed by atoms with Gasteiger partial charge in [-0.2, -0.15) is 0 Å². The summed E-state index contributed by atoms with van der Waals surface area (Å²) in [5.74, 6) is 0.983. The molecule has 150 valence electrons. The second-order valence-electron chi connectivity index (χ2n) is 7.87. The van der Waals surface area contributed by atoms with Gasteiger partial charge in [-0.05, 0) is 56.4 Å². The predicted octanol–water partition coefficient (Wildman–Crippen LogP) is 4.71. The van der Waals surface area contributed by atoms with Crippen molar-refractivity contribution in [1.29, 1.82) is 0 Å². The number of aromatic nitrogens is 4. The van der Waals surface area contributed by atoms with Crippen molar-refractivity contribution < 1.29 is 4.74 Å². The van der Waals surface area contributed by atoms with Crippen LogP contribution in [0.15, 0.2) is 36.8 Å². The molecule has 4 aromatic heterocycles. The third kappa shape index (κ3) is 3.28. The van der Waals surface area contributed by atoms with Gasteiger partial charge in [-0.15, -0.1) is 16.4 Å². The van der Waals surface area contributed by atoms with Crippen LogP contribution in [0.2, 0.25) is 0 Å². The van der Waals surface area contributed by atoms with Crippen LogP contribution in [0.5, 0.6) is 0 Å². The molecule has 1 fully saturated rings. The Morgan fingerprint density at radius 3 is 2.72 bits per heavy atom. The largest absolute Gasteiger partial charge is 0.381 e. The van der Waals surface area contributed by atoms with Crippen LogP contribution in [0.1, 0.15) is 31.2 Å². The molecule has 0 unspecified atom stereocenters. The maximum absolute atomic E-state index is 5.52. The monoisotopic (exact) mass is 407 g/mol. The molecular formula is C22H25N5OS. The van der Waals surface area contributed by atoms with Gasteiger partial charge in [-0.3, -0.25) is 4.98 Å². The van der Waals surface area contributed by atoms with E-state index in [1.807, 2.05) is 30.2 Å². The van der Waals surface area contributed by atoms with E-state index >= 15 is 0 Å². The van der Waals surface area contributed by atoms with E-state index in [-0.39, 0.29) is 0 Å². The Hall–Kier alpha value is -2.51. The topological polar surface area (TPSA) is 55.5 Å². The summed E-state index contributed by atoms with van der Waals surface area (Å²) in [5.41, 5.74) is 3.10. The Morgan fingerprint density at radius 2 is 1.97 bits per heavy atom. The molecule has 0 atom stereocenters. The van der Waals surface area contributed by atoms with Gasteiger partial charge in [0.1, 0.15) is 11.5 Å². The lowest BCUT2D eigenvalue weighted by Gasteiger charge is -2.34. The minimum absolute atomic E-state index is 0.404. The number of pyridine rings is 1. The number of hydrogen-bond donors (Lipinski definition) is 0. The average Bonchev–Trinajstić information content (AvgIpc) is 3.37. The fourth-order valence-corrected chi connectivity index (χ4v) is 5.39. The van der Waals surface area contributed by atoms with E-state index in [4.69, 9.17) is 9.84 Å². The van der Waals surface area contributed by atoms with E-state index in [9.17, 15) is 0 Å². The first-order valence-electron chi connectivity index (χ1n) is 10.1. The maximum atomic E-state index is 5.52. The van der Waals surface area contributed by atoms with Crippen molar-refractivity contribution >= 4 is 32.9 Å². The average molecular weight is 408 g/mol. The number of ether oxygens (including phenoxy) is 1. The number of methoxy groups -OCH3 is 1. The molecule has 0 aliphatic heterocycles. The summed E-state index contributed by atoms with van der Waals surface area (Å²) in [6.07, 6.45) is 10.7. The standard InChI is InChI=1S/C22H25N5OS/c1-14-11-23-12-15-10-19(29-22(14)15)18-13-24-20-8-9-21(25-27(18)20)26(2)16-4-6-17(28-3)7-5-16/h8-13,16-17H,4-7H2,1-3H3/t16-,17-. The van der Waals surface area contributed by atoms with Gasteiger partial charge in [-0.1, -0.05) is 0 Å². The number of nitrogens with zero attached hydrogens (tertiary/aromatic N) is 5. The first-order chi connectivity index (χ1) is 14.1. The quantitative estimate of drug-likeness (QED) is 0.490. The maximum Gasteiger partial charge on any atom is 0.154 e. The molecule has 6 nitrogen and oxygen atoms in total. The molecule has 0 aromatic carbocycles. The molecule has 1 aliphatic carbocycles. The van der Waals surface area contributed by atoms with Crippen LogP contribution < -0.4 is 4.90 Å². The van der Waals surface area contributed by atoms with Crippen molar-refractivity contribution in [2.75, 3.05) is 19.1 Å². The van der Waals surface area contributed by atoms with E-state index in [0.717, 1.165) is 47.7 Å². The summed E-state index contributed by atoms with van der Waals surface area (Å²) in [6.45, 7) is 2.10. The van der Waals surface area contributed by atoms with E-state index < -0.39 is 0 Å². The zero-order chi connectivity index (χ0) is 20.0. The molecule has 4 heterocycles. The number of fused-ring (bicyclic) bond motifs is 2. The Labute approximate surface area is 174 Å². The second-order valence-corrected chi connectivity index (χ2v) is 8.92. The summed E-state index contributed by atoms with van der Waals surface area (Å²) >= 11 is 1.77. The van der Waals surface area contributed by atoms with Crippen LogP contribution in [0.3, 0.4) is 0 Å². The highest BCUT2D eigenvalue weighted by molar-refractivity contribution is 7.22. The minimum Gasteiger partial charge on any atom is -0.381 e. The number of anilines is 1. The fourth-order valence-electron chi connectivity index (χ4n) is 4.30. The lowest BCUT2D eigenvalue weighted by Crippen LogP contribution is -2.37. The smallest absolute Gasteiger partial charge is 0.154 e. The summed E-state index contributed by atoms with van der Waals surface area (Å²) in [7, 11) is 3.97. The van der Waals surface area contributed by atoms with Crippen LogP contribution in [-0.4, -0.2) is 45.9 Å². The van der Waals surface area contributed by atoms with Gasteiger partial charge in [-0.25, -0.2) is 9.50 Å². The molecule has 1 saturated carbocycles. The zero-order valence-corrected chi connectivity index (χ0v) is 17.8. The molecule has 0 spiro atoms. The molecular weight excluding hydrogens is 382 g/mol. The molecule has 1 aliphatic rings. The lowest BCUT2D eigenvalue weighted by molar-refractivity contribution is 0.0659. The third-order valence-corrected chi connectivity index (χ3v) is 7.40. The van der Waals surface area contributed by atoms with Gasteiger partial charge >= 0.3 is 0 Å². The highest BCUT2D eigenvalue weighted by atomic mass is 32.1. The van der Waals surface area contributed by atoms with Crippen molar-refractivity contribution in [3.05, 3.63) is 42.4 Å². The molecule has 29 heavy (non-hydrogen) atoms. The van der Waals surface area contributed by atoms with Crippen LogP contribution in [0.4, 0.5) is 5.82 Å². The van der Waals surface area contributed by atoms with Crippen LogP contribution >= 0.6 is 11.3 Å². The summed E-state index contributed by atoms with van der Waals surface area (Å²) in [5, 5.41) is 6.13.